The summed E-state index contributed by atoms with van der Waals surface area (Å²) in [6, 6.07) is 0. The van der Waals surface area contributed by atoms with Crippen molar-refractivity contribution in [3.05, 3.63) is 0 Å². The van der Waals surface area contributed by atoms with Crippen molar-refractivity contribution >= 4 is 0 Å². The van der Waals surface area contributed by atoms with Gasteiger partial charge < -0.3 is 0 Å². The highest BCUT2D eigenvalue weighted by molar-refractivity contribution is 5.22. The van der Waals surface area contributed by atoms with Gasteiger partial charge in [-0.1, -0.05) is 0 Å². The molecule has 4 fully saturated rings. The third kappa shape index (κ3) is 0.461. The van der Waals surface area contributed by atoms with Gasteiger partial charge in [0.25, 0.3) is 0 Å². The average Bonchev–Trinajstić information content (AvgIpc) is 2.66. The second kappa shape index (κ2) is 1.61. The van der Waals surface area contributed by atoms with Gasteiger partial charge in [0.2, 0.25) is 0 Å². The fourth-order valence-corrected chi connectivity index (χ4v) is 6.85. The second-order valence-corrected chi connectivity index (χ2v) is 6.73. The van der Waals surface area contributed by atoms with Gasteiger partial charge in [-0.15, -0.1) is 0 Å². The van der Waals surface area contributed by atoms with Crippen molar-refractivity contribution in [1.29, 1.82) is 0 Å². The molecule has 0 aromatic rings. The van der Waals surface area contributed by atoms with Gasteiger partial charge in [0.1, 0.15) is 0 Å². The number of hydrogen-bond acceptors (Lipinski definition) is 0. The first kappa shape index (κ1) is 6.48. The van der Waals surface area contributed by atoms with Gasteiger partial charge in [-0.25, -0.2) is 0 Å². The lowest BCUT2D eigenvalue weighted by Gasteiger charge is -2.67. The van der Waals surface area contributed by atoms with Gasteiger partial charge in [-0.05, 0) is 79.4 Å². The van der Waals surface area contributed by atoms with E-state index in [1.54, 1.807) is 38.5 Å². The molecule has 0 saturated heterocycles. The SMILES string of the molecule is C1CC23CCC4C(C2)C2CC1C3C42. The van der Waals surface area contributed by atoms with E-state index >= 15 is 0 Å². The van der Waals surface area contributed by atoms with Crippen molar-refractivity contribution in [2.24, 2.45) is 40.9 Å². The predicted octanol–water partition coefficient (Wildman–Crippen LogP) is 3.08. The van der Waals surface area contributed by atoms with E-state index in [2.05, 4.69) is 0 Å². The molecule has 0 bridgehead atoms. The van der Waals surface area contributed by atoms with Crippen molar-refractivity contribution in [3.8, 4) is 0 Å². The summed E-state index contributed by atoms with van der Waals surface area (Å²) in [5.74, 6) is 7.44. The fourth-order valence-electron chi connectivity index (χ4n) is 6.85. The maximum Gasteiger partial charge on any atom is -0.0261 e. The molecule has 7 unspecified atom stereocenters. The standard InChI is InChI=1S/C13H18/c1-3-13-4-2-8-10(6-13)9-5-7(1)12(13)11(8)9/h7-12H,1-6H2. The van der Waals surface area contributed by atoms with E-state index in [4.69, 9.17) is 0 Å². The molecule has 4 rings (SSSR count). The molecule has 0 N–H and O–H groups in total. The summed E-state index contributed by atoms with van der Waals surface area (Å²) in [4.78, 5) is 0. The van der Waals surface area contributed by atoms with Crippen LogP contribution >= 0.6 is 0 Å². The molecule has 1 spiro atoms. The Morgan fingerprint density at radius 3 is 2.85 bits per heavy atom. The molecule has 4 aliphatic rings. The molecular weight excluding hydrogens is 156 g/mol. The Balaban J connectivity index is 1.78. The van der Waals surface area contributed by atoms with Crippen LogP contribution in [0.1, 0.15) is 38.5 Å². The van der Waals surface area contributed by atoms with Crippen LogP contribution in [-0.2, 0) is 0 Å². The third-order valence-corrected chi connectivity index (χ3v) is 6.92. The van der Waals surface area contributed by atoms with Crippen molar-refractivity contribution in [2.45, 2.75) is 38.5 Å². The zero-order valence-corrected chi connectivity index (χ0v) is 8.21. The topological polar surface area (TPSA) is 0 Å². The van der Waals surface area contributed by atoms with E-state index in [1.807, 2.05) is 0 Å². The maximum atomic E-state index is 1.68. The Kier molecular flexibility index (Phi) is 0.804. The van der Waals surface area contributed by atoms with Crippen LogP contribution in [-0.4, -0.2) is 0 Å². The minimum Gasteiger partial charge on any atom is -0.0496 e. The van der Waals surface area contributed by atoms with Gasteiger partial charge in [0, 0.05) is 0 Å². The normalized spacial score (nSPS) is 75.7. The van der Waals surface area contributed by atoms with E-state index in [9.17, 15) is 0 Å². The molecule has 0 nitrogen and oxygen atoms in total. The van der Waals surface area contributed by atoms with E-state index in [1.165, 1.54) is 35.5 Å². The van der Waals surface area contributed by atoms with Gasteiger partial charge in [-0.2, -0.15) is 0 Å². The van der Waals surface area contributed by atoms with Crippen molar-refractivity contribution in [3.63, 3.8) is 0 Å². The van der Waals surface area contributed by atoms with E-state index in [0.717, 1.165) is 5.41 Å². The molecule has 0 heteroatoms. The zero-order chi connectivity index (χ0) is 8.21. The molecule has 7 atom stereocenters. The van der Waals surface area contributed by atoms with Crippen LogP contribution in [0.2, 0.25) is 0 Å². The van der Waals surface area contributed by atoms with Gasteiger partial charge >= 0.3 is 0 Å². The lowest BCUT2D eigenvalue weighted by atomic mass is 9.38. The van der Waals surface area contributed by atoms with Crippen LogP contribution in [0.3, 0.4) is 0 Å². The first-order valence-corrected chi connectivity index (χ1v) is 6.39. The van der Waals surface area contributed by atoms with Crippen molar-refractivity contribution in [1.82, 2.24) is 0 Å². The predicted molar refractivity (Wildman–Crippen MR) is 51.1 cm³/mol. The summed E-state index contributed by atoms with van der Waals surface area (Å²) in [6.45, 7) is 0. The van der Waals surface area contributed by atoms with Gasteiger partial charge in [0.15, 0.2) is 0 Å². The summed E-state index contributed by atoms with van der Waals surface area (Å²) >= 11 is 0. The van der Waals surface area contributed by atoms with Gasteiger partial charge in [0.05, 0.1) is 0 Å². The molecule has 0 amide bonds. The Morgan fingerprint density at radius 1 is 0.923 bits per heavy atom. The van der Waals surface area contributed by atoms with Crippen molar-refractivity contribution in [2.75, 3.05) is 0 Å². The van der Waals surface area contributed by atoms with E-state index in [0.29, 0.717) is 0 Å². The van der Waals surface area contributed by atoms with Crippen molar-refractivity contribution < 1.29 is 0 Å². The first-order chi connectivity index (χ1) is 6.39. The molecule has 0 radical (unpaired) electrons. The Morgan fingerprint density at radius 2 is 1.85 bits per heavy atom. The first-order valence-electron chi connectivity index (χ1n) is 6.39. The highest BCUT2D eigenvalue weighted by Crippen LogP contribution is 2.81. The lowest BCUT2D eigenvalue weighted by Crippen LogP contribution is -2.60. The molecule has 0 aromatic carbocycles. The lowest BCUT2D eigenvalue weighted by molar-refractivity contribution is -0.183. The number of hydrogen-bond donors (Lipinski definition) is 0. The Hall–Kier alpha value is 0. The number of fused-ring (bicyclic) bond motifs is 7. The zero-order valence-electron chi connectivity index (χ0n) is 8.21. The van der Waals surface area contributed by atoms with E-state index in [-0.39, 0.29) is 0 Å². The fraction of sp³-hybridized carbons (Fsp3) is 1.00. The molecule has 13 heavy (non-hydrogen) atoms. The largest absolute Gasteiger partial charge is 0.0496 e. The molecule has 4 saturated carbocycles. The Labute approximate surface area is 80.1 Å². The minimum absolute atomic E-state index is 0.932. The summed E-state index contributed by atoms with van der Waals surface area (Å²) in [5.41, 5.74) is 0.932. The number of rotatable bonds is 0. The minimum atomic E-state index is 0.932. The summed E-state index contributed by atoms with van der Waals surface area (Å²) < 4.78 is 0. The highest BCUT2D eigenvalue weighted by Gasteiger charge is 2.73. The molecular formula is C13H18. The monoisotopic (exact) mass is 174 g/mol. The smallest absolute Gasteiger partial charge is 0.0261 e. The molecule has 0 aromatic heterocycles. The molecule has 0 heterocycles. The van der Waals surface area contributed by atoms with Crippen LogP contribution in [0, 0.1) is 40.9 Å². The molecule has 70 valence electrons. The van der Waals surface area contributed by atoms with Crippen LogP contribution in [0.15, 0.2) is 0 Å². The quantitative estimate of drug-likeness (QED) is 0.529. The molecule has 4 aliphatic carbocycles. The van der Waals surface area contributed by atoms with Crippen LogP contribution < -0.4 is 0 Å². The highest BCUT2D eigenvalue weighted by atomic mass is 14.8. The second-order valence-electron chi connectivity index (χ2n) is 6.73. The third-order valence-electron chi connectivity index (χ3n) is 6.92. The van der Waals surface area contributed by atoms with Crippen LogP contribution in [0.4, 0.5) is 0 Å². The van der Waals surface area contributed by atoms with Gasteiger partial charge in [-0.3, -0.25) is 0 Å². The van der Waals surface area contributed by atoms with E-state index < -0.39 is 0 Å². The van der Waals surface area contributed by atoms with Crippen LogP contribution in [0.5, 0.6) is 0 Å². The van der Waals surface area contributed by atoms with Crippen LogP contribution in [0.25, 0.3) is 0 Å². The Bertz CT molecular complexity index is 282. The average molecular weight is 174 g/mol. The molecule has 0 aliphatic heterocycles. The summed E-state index contributed by atoms with van der Waals surface area (Å²) in [6.07, 6.45) is 9.87. The summed E-state index contributed by atoms with van der Waals surface area (Å²) in [7, 11) is 0. The summed E-state index contributed by atoms with van der Waals surface area (Å²) in [5, 5.41) is 0. The maximum absolute atomic E-state index is 1.68.